The molecule has 7 heteroatoms. The molecular formula is C21H29N3O3S. The van der Waals surface area contributed by atoms with Crippen LogP contribution >= 0.6 is 0 Å². The minimum atomic E-state index is -3.69. The van der Waals surface area contributed by atoms with E-state index in [0.717, 1.165) is 33.8 Å². The fourth-order valence-corrected chi connectivity index (χ4v) is 5.22. The lowest BCUT2D eigenvalue weighted by molar-refractivity contribution is -0.121. The molecule has 0 aromatic heterocycles. The van der Waals surface area contributed by atoms with E-state index >= 15 is 0 Å². The largest absolute Gasteiger partial charge is 0.272 e. The molecule has 0 heterocycles. The molecule has 2 aliphatic rings. The number of amides is 1. The highest BCUT2D eigenvalue weighted by atomic mass is 32.2. The zero-order valence-corrected chi connectivity index (χ0v) is 17.8. The van der Waals surface area contributed by atoms with Crippen LogP contribution in [0.2, 0.25) is 0 Å². The molecule has 1 N–H and O–H groups in total. The van der Waals surface area contributed by atoms with Crippen LogP contribution in [0.15, 0.2) is 40.8 Å². The van der Waals surface area contributed by atoms with Crippen LogP contribution in [0.1, 0.15) is 45.6 Å². The lowest BCUT2D eigenvalue weighted by Gasteiger charge is -2.34. The van der Waals surface area contributed by atoms with E-state index in [1.807, 2.05) is 30.3 Å². The topological polar surface area (TPSA) is 78.8 Å². The first-order valence-electron chi connectivity index (χ1n) is 9.61. The Morgan fingerprint density at radius 3 is 2.54 bits per heavy atom. The summed E-state index contributed by atoms with van der Waals surface area (Å²) in [6.07, 6.45) is 4.70. The van der Waals surface area contributed by atoms with Gasteiger partial charge in [-0.2, -0.15) is 9.41 Å². The van der Waals surface area contributed by atoms with Crippen LogP contribution < -0.4 is 5.43 Å². The van der Waals surface area contributed by atoms with Crippen molar-refractivity contribution in [2.24, 2.45) is 21.8 Å². The molecule has 0 spiro atoms. The van der Waals surface area contributed by atoms with E-state index in [9.17, 15) is 13.2 Å². The van der Waals surface area contributed by atoms with Crippen molar-refractivity contribution in [2.45, 2.75) is 40.0 Å². The quantitative estimate of drug-likeness (QED) is 0.741. The fraction of sp³-hybridized carbons (Fsp3) is 0.524. The minimum absolute atomic E-state index is 0.00134. The standard InChI is InChI=1S/C21H29N3O3S/c1-20(2)17-10-12-21(20,3)18(14-17)22-23-19(25)15-24(4)28(26,27)13-11-16-8-6-5-7-9-16/h5-9,11,13,17H,10,12,14-15H2,1-4H3,(H,23,25)/b13-11+,22-18-/t17-,21+/m1/s1. The van der Waals surface area contributed by atoms with Gasteiger partial charge in [0.05, 0.1) is 6.54 Å². The van der Waals surface area contributed by atoms with Gasteiger partial charge < -0.3 is 0 Å². The summed E-state index contributed by atoms with van der Waals surface area (Å²) in [6, 6.07) is 9.15. The van der Waals surface area contributed by atoms with Crippen LogP contribution in [0.25, 0.3) is 6.08 Å². The summed E-state index contributed by atoms with van der Waals surface area (Å²) in [4.78, 5) is 12.3. The summed E-state index contributed by atoms with van der Waals surface area (Å²) in [6.45, 7) is 6.49. The normalized spacial score (nSPS) is 27.8. The first-order chi connectivity index (χ1) is 13.1. The number of fused-ring (bicyclic) bond motifs is 2. The summed E-state index contributed by atoms with van der Waals surface area (Å²) in [5.41, 5.74) is 4.55. The maximum Gasteiger partial charge on any atom is 0.255 e. The average molecular weight is 404 g/mol. The van der Waals surface area contributed by atoms with E-state index in [0.29, 0.717) is 5.92 Å². The average Bonchev–Trinajstić information content (AvgIpc) is 2.99. The van der Waals surface area contributed by atoms with Crippen molar-refractivity contribution in [3.63, 3.8) is 0 Å². The third kappa shape index (κ3) is 3.78. The molecule has 152 valence electrons. The third-order valence-corrected chi connectivity index (χ3v) is 8.34. The minimum Gasteiger partial charge on any atom is -0.272 e. The first kappa shape index (κ1) is 20.7. The number of hydrogen-bond donors (Lipinski definition) is 1. The van der Waals surface area contributed by atoms with E-state index in [4.69, 9.17) is 0 Å². The number of nitrogens with one attached hydrogen (secondary N) is 1. The molecule has 2 bridgehead atoms. The summed E-state index contributed by atoms with van der Waals surface area (Å²) in [5, 5.41) is 5.49. The number of hydrogen-bond acceptors (Lipinski definition) is 4. The predicted molar refractivity (Wildman–Crippen MR) is 112 cm³/mol. The van der Waals surface area contributed by atoms with Crippen molar-refractivity contribution in [1.82, 2.24) is 9.73 Å². The second kappa shape index (κ2) is 7.44. The lowest BCUT2D eigenvalue weighted by atomic mass is 9.70. The SMILES string of the molecule is CN(CC(=O)N/N=C1/C[C@H]2CC[C@]1(C)C2(C)C)S(=O)(=O)/C=C/c1ccccc1. The van der Waals surface area contributed by atoms with Gasteiger partial charge in [0.1, 0.15) is 0 Å². The molecule has 2 atom stereocenters. The number of hydrazone groups is 1. The van der Waals surface area contributed by atoms with Gasteiger partial charge in [-0.3, -0.25) is 4.79 Å². The summed E-state index contributed by atoms with van der Waals surface area (Å²) < 4.78 is 25.7. The molecule has 3 rings (SSSR count). The molecule has 1 aromatic carbocycles. The second-order valence-corrected chi connectivity index (χ2v) is 10.5. The maximum atomic E-state index is 12.4. The molecule has 6 nitrogen and oxygen atoms in total. The van der Waals surface area contributed by atoms with Gasteiger partial charge in [-0.05, 0) is 42.2 Å². The molecular weight excluding hydrogens is 374 g/mol. The van der Waals surface area contributed by atoms with Crippen LogP contribution in [0.3, 0.4) is 0 Å². The van der Waals surface area contributed by atoms with Crippen molar-refractivity contribution < 1.29 is 13.2 Å². The van der Waals surface area contributed by atoms with Gasteiger partial charge in [-0.15, -0.1) is 0 Å². The van der Waals surface area contributed by atoms with Crippen molar-refractivity contribution in [3.8, 4) is 0 Å². The monoisotopic (exact) mass is 403 g/mol. The van der Waals surface area contributed by atoms with Crippen LogP contribution in [-0.4, -0.2) is 37.9 Å². The van der Waals surface area contributed by atoms with Crippen LogP contribution in [0.5, 0.6) is 0 Å². The number of sulfonamides is 1. The molecule has 2 fully saturated rings. The lowest BCUT2D eigenvalue weighted by Crippen LogP contribution is -2.38. The second-order valence-electron chi connectivity index (χ2n) is 8.60. The number of carbonyl (C=O) groups excluding carboxylic acids is 1. The van der Waals surface area contributed by atoms with Gasteiger partial charge in [-0.25, -0.2) is 13.8 Å². The molecule has 0 aliphatic heterocycles. The number of nitrogens with zero attached hydrogens (tertiary/aromatic N) is 2. The van der Waals surface area contributed by atoms with E-state index in [2.05, 4.69) is 31.3 Å². The molecule has 2 saturated carbocycles. The van der Waals surface area contributed by atoms with Gasteiger partial charge in [0, 0.05) is 23.6 Å². The highest BCUT2D eigenvalue weighted by molar-refractivity contribution is 7.92. The Kier molecular flexibility index (Phi) is 5.51. The highest BCUT2D eigenvalue weighted by Crippen LogP contribution is 2.63. The number of carbonyl (C=O) groups is 1. The van der Waals surface area contributed by atoms with E-state index < -0.39 is 15.9 Å². The maximum absolute atomic E-state index is 12.4. The van der Waals surface area contributed by atoms with Crippen molar-refractivity contribution >= 4 is 27.7 Å². The van der Waals surface area contributed by atoms with Crippen molar-refractivity contribution in [3.05, 3.63) is 41.3 Å². The highest BCUT2D eigenvalue weighted by Gasteiger charge is 2.60. The Labute approximate surface area is 167 Å². The molecule has 1 aromatic rings. The van der Waals surface area contributed by atoms with Gasteiger partial charge >= 0.3 is 0 Å². The molecule has 0 saturated heterocycles. The summed E-state index contributed by atoms with van der Waals surface area (Å²) in [5.74, 6) is 0.162. The third-order valence-electron chi connectivity index (χ3n) is 6.86. The van der Waals surface area contributed by atoms with Gasteiger partial charge in [0.25, 0.3) is 5.91 Å². The Bertz CT molecular complexity index is 906. The Morgan fingerprint density at radius 1 is 1.29 bits per heavy atom. The number of likely N-dealkylation sites (N-methyl/N-ethyl adjacent to an activating group) is 1. The van der Waals surface area contributed by atoms with E-state index in [1.54, 1.807) is 0 Å². The smallest absolute Gasteiger partial charge is 0.255 e. The zero-order chi connectivity index (χ0) is 20.6. The number of rotatable bonds is 6. The van der Waals surface area contributed by atoms with E-state index in [-0.39, 0.29) is 17.4 Å². The first-order valence-corrected chi connectivity index (χ1v) is 11.1. The van der Waals surface area contributed by atoms with Crippen molar-refractivity contribution in [1.29, 1.82) is 0 Å². The molecule has 0 unspecified atom stereocenters. The molecule has 0 radical (unpaired) electrons. The predicted octanol–water partition coefficient (Wildman–Crippen LogP) is 3.24. The Hall–Kier alpha value is -1.99. The van der Waals surface area contributed by atoms with Crippen molar-refractivity contribution in [2.75, 3.05) is 13.6 Å². The van der Waals surface area contributed by atoms with E-state index in [1.165, 1.54) is 19.5 Å². The Morgan fingerprint density at radius 2 is 1.96 bits per heavy atom. The fourth-order valence-electron chi connectivity index (χ4n) is 4.39. The van der Waals surface area contributed by atoms with Gasteiger partial charge in [-0.1, -0.05) is 51.1 Å². The summed E-state index contributed by atoms with van der Waals surface area (Å²) >= 11 is 0. The number of benzene rings is 1. The van der Waals surface area contributed by atoms with Crippen LogP contribution in [0.4, 0.5) is 0 Å². The molecule has 1 amide bonds. The van der Waals surface area contributed by atoms with Crippen LogP contribution in [0, 0.1) is 16.7 Å². The van der Waals surface area contributed by atoms with Gasteiger partial charge in [0.15, 0.2) is 0 Å². The molecule has 28 heavy (non-hydrogen) atoms. The Balaban J connectivity index is 1.60. The van der Waals surface area contributed by atoms with Gasteiger partial charge in [0.2, 0.25) is 10.0 Å². The molecule has 2 aliphatic carbocycles. The zero-order valence-electron chi connectivity index (χ0n) is 17.0. The summed E-state index contributed by atoms with van der Waals surface area (Å²) in [7, 11) is -2.30. The van der Waals surface area contributed by atoms with Crippen LogP contribution in [-0.2, 0) is 14.8 Å².